The van der Waals surface area contributed by atoms with Crippen molar-refractivity contribution in [1.29, 1.82) is 0 Å². The van der Waals surface area contributed by atoms with Gasteiger partial charge in [0.05, 0.1) is 0 Å². The Labute approximate surface area is 45.9 Å². The summed E-state index contributed by atoms with van der Waals surface area (Å²) < 4.78 is 0. The van der Waals surface area contributed by atoms with Crippen LogP contribution in [0.1, 0.15) is 5.56 Å². The van der Waals surface area contributed by atoms with Gasteiger partial charge in [-0.05, 0) is 6.92 Å². The normalized spacial score (nSPS) is 8.71. The number of rotatable bonds is 0. The molecule has 0 N–H and O–H groups in total. The summed E-state index contributed by atoms with van der Waals surface area (Å²) in [7, 11) is 0.500. The minimum absolute atomic E-state index is 0.500. The SMILES string of the molecule is Cc1cc[siH]cc1. The van der Waals surface area contributed by atoms with Crippen LogP contribution in [0.25, 0.3) is 0 Å². The van der Waals surface area contributed by atoms with Crippen LogP contribution in [0.2, 0.25) is 0 Å². The van der Waals surface area contributed by atoms with E-state index in [1.807, 2.05) is 0 Å². The second kappa shape index (κ2) is 2.03. The summed E-state index contributed by atoms with van der Waals surface area (Å²) in [5.41, 5.74) is 5.86. The van der Waals surface area contributed by atoms with Gasteiger partial charge in [-0.2, -0.15) is 0 Å². The van der Waals surface area contributed by atoms with E-state index < -0.39 is 0 Å². The zero-order chi connectivity index (χ0) is 5.11. The molecule has 7 heavy (non-hydrogen) atoms. The predicted molar refractivity (Wildman–Crippen MR) is 33.9 cm³/mol. The predicted octanol–water partition coefficient (Wildman–Crippen LogP) is 1.07. The van der Waals surface area contributed by atoms with Gasteiger partial charge >= 0.3 is 0 Å². The Bertz CT molecular complexity index is 134. The summed E-state index contributed by atoms with van der Waals surface area (Å²) in [5, 5.41) is 0. The van der Waals surface area contributed by atoms with Crippen LogP contribution in [0.3, 0.4) is 0 Å². The van der Waals surface area contributed by atoms with Crippen molar-refractivity contribution >= 4 is 9.12 Å². The molecule has 1 aromatic rings. The topological polar surface area (TPSA) is 0 Å². The van der Waals surface area contributed by atoms with E-state index in [-0.39, 0.29) is 0 Å². The fraction of sp³-hybridized carbons (Fsp3) is 0.167. The van der Waals surface area contributed by atoms with Gasteiger partial charge in [0.25, 0.3) is 0 Å². The summed E-state index contributed by atoms with van der Waals surface area (Å²) in [4.78, 5) is 0. The van der Waals surface area contributed by atoms with Crippen LogP contribution in [-0.4, -0.2) is 9.12 Å². The fourth-order valence-electron chi connectivity index (χ4n) is 0.534. The Morgan fingerprint density at radius 1 is 1.29 bits per heavy atom. The lowest BCUT2D eigenvalue weighted by molar-refractivity contribution is 1.51. The van der Waals surface area contributed by atoms with Crippen molar-refractivity contribution in [2.24, 2.45) is 0 Å². The van der Waals surface area contributed by atoms with Crippen LogP contribution in [0.15, 0.2) is 23.5 Å². The molecule has 0 unspecified atom stereocenters. The minimum atomic E-state index is 0.500. The average molecular weight is 108 g/mol. The highest BCUT2D eigenvalue weighted by molar-refractivity contribution is 6.26. The molecule has 0 aromatic carbocycles. The van der Waals surface area contributed by atoms with Gasteiger partial charge in [0.1, 0.15) is 0 Å². The van der Waals surface area contributed by atoms with Gasteiger partial charge in [-0.25, -0.2) is 0 Å². The number of hydrogen-bond acceptors (Lipinski definition) is 0. The van der Waals surface area contributed by atoms with E-state index in [4.69, 9.17) is 0 Å². The number of hydrogen-bond donors (Lipinski definition) is 0. The summed E-state index contributed by atoms with van der Waals surface area (Å²) in [5.74, 6) is 0. The van der Waals surface area contributed by atoms with Crippen molar-refractivity contribution in [1.82, 2.24) is 0 Å². The van der Waals surface area contributed by atoms with Crippen molar-refractivity contribution in [2.75, 3.05) is 0 Å². The maximum Gasteiger partial charge on any atom is 0.0198 e. The van der Waals surface area contributed by atoms with Crippen molar-refractivity contribution in [2.45, 2.75) is 6.92 Å². The maximum atomic E-state index is 2.25. The second-order valence-corrected chi connectivity index (χ2v) is 2.81. The molecule has 0 spiro atoms. The highest BCUT2D eigenvalue weighted by atomic mass is 28.2. The average Bonchev–Trinajstić information content (AvgIpc) is 1.69. The van der Waals surface area contributed by atoms with E-state index in [0.29, 0.717) is 9.12 Å². The summed E-state index contributed by atoms with van der Waals surface area (Å²) in [6.45, 7) is 2.12. The van der Waals surface area contributed by atoms with E-state index in [2.05, 4.69) is 30.4 Å². The van der Waals surface area contributed by atoms with Gasteiger partial charge in [-0.15, -0.1) is 0 Å². The van der Waals surface area contributed by atoms with Gasteiger partial charge in [-0.1, -0.05) is 29.1 Å². The second-order valence-electron chi connectivity index (χ2n) is 1.65. The Kier molecular flexibility index (Phi) is 1.37. The molecule has 0 aliphatic carbocycles. The van der Waals surface area contributed by atoms with Crippen LogP contribution >= 0.6 is 0 Å². The smallest absolute Gasteiger partial charge is 0.0198 e. The van der Waals surface area contributed by atoms with Crippen LogP contribution in [0.4, 0.5) is 0 Å². The molecule has 0 saturated heterocycles. The molecule has 0 radical (unpaired) electrons. The lowest BCUT2D eigenvalue weighted by atomic mass is 10.3. The highest BCUT2D eigenvalue weighted by Gasteiger charge is 1.72. The molecule has 0 aliphatic rings. The zero-order valence-electron chi connectivity index (χ0n) is 4.39. The van der Waals surface area contributed by atoms with E-state index in [0.717, 1.165) is 0 Å². The Morgan fingerprint density at radius 3 is 2.14 bits per heavy atom. The van der Waals surface area contributed by atoms with Gasteiger partial charge in [-0.3, -0.25) is 0 Å². The van der Waals surface area contributed by atoms with Crippen LogP contribution < -0.4 is 0 Å². The maximum absolute atomic E-state index is 2.25. The summed E-state index contributed by atoms with van der Waals surface area (Å²) in [6, 6.07) is 4.35. The molecule has 0 atom stereocenters. The molecular formula is C6H8Si. The Hall–Kier alpha value is -0.433. The summed E-state index contributed by atoms with van der Waals surface area (Å²) >= 11 is 0. The van der Waals surface area contributed by atoms with Gasteiger partial charge in [0.2, 0.25) is 0 Å². The third-order valence-electron chi connectivity index (χ3n) is 0.940. The molecule has 36 valence electrons. The largest absolute Gasteiger partial charge is 0.0802 e. The van der Waals surface area contributed by atoms with Crippen LogP contribution in [-0.2, 0) is 0 Å². The molecule has 0 saturated carbocycles. The van der Waals surface area contributed by atoms with Crippen molar-refractivity contribution in [3.05, 3.63) is 29.1 Å². The molecule has 0 nitrogen and oxygen atoms in total. The highest BCUT2D eigenvalue weighted by Crippen LogP contribution is 1.88. The van der Waals surface area contributed by atoms with Crippen molar-refractivity contribution in [3.63, 3.8) is 0 Å². The first-order chi connectivity index (χ1) is 3.39. The zero-order valence-corrected chi connectivity index (χ0v) is 5.54. The molecule has 1 rings (SSSR count). The van der Waals surface area contributed by atoms with E-state index in [9.17, 15) is 0 Å². The Balaban J connectivity index is 3.02. The first kappa shape index (κ1) is 4.72. The third kappa shape index (κ3) is 1.24. The van der Waals surface area contributed by atoms with Crippen molar-refractivity contribution < 1.29 is 0 Å². The van der Waals surface area contributed by atoms with Crippen LogP contribution in [0.5, 0.6) is 0 Å². The van der Waals surface area contributed by atoms with Gasteiger partial charge in [0.15, 0.2) is 0 Å². The number of aryl methyl sites for hydroxylation is 1. The Morgan fingerprint density at radius 2 is 1.86 bits per heavy atom. The molecule has 1 aromatic heterocycles. The monoisotopic (exact) mass is 108 g/mol. The molecule has 0 aliphatic heterocycles. The quantitative estimate of drug-likeness (QED) is 0.436. The van der Waals surface area contributed by atoms with E-state index in [1.54, 1.807) is 0 Å². The molecule has 0 fully saturated rings. The molecule has 1 heterocycles. The fourth-order valence-corrected chi connectivity index (χ4v) is 1.49. The molecular weight excluding hydrogens is 100 g/mol. The first-order valence-electron chi connectivity index (χ1n) is 2.41. The van der Waals surface area contributed by atoms with E-state index >= 15 is 0 Å². The molecule has 1 heteroatoms. The minimum Gasteiger partial charge on any atom is -0.0802 e. The van der Waals surface area contributed by atoms with Crippen LogP contribution in [0, 0.1) is 6.92 Å². The third-order valence-corrected chi connectivity index (χ3v) is 1.77. The van der Waals surface area contributed by atoms with Gasteiger partial charge < -0.3 is 0 Å². The van der Waals surface area contributed by atoms with Crippen molar-refractivity contribution in [3.8, 4) is 0 Å². The molecule has 0 amide bonds. The lowest BCUT2D eigenvalue weighted by Gasteiger charge is -1.82. The first-order valence-corrected chi connectivity index (χ1v) is 3.74. The van der Waals surface area contributed by atoms with Gasteiger partial charge in [0, 0.05) is 9.12 Å². The summed E-state index contributed by atoms with van der Waals surface area (Å²) in [6.07, 6.45) is 0. The lowest BCUT2D eigenvalue weighted by Crippen LogP contribution is -1.69. The van der Waals surface area contributed by atoms with E-state index in [1.165, 1.54) is 5.56 Å². The molecule has 0 bridgehead atoms. The standard InChI is InChI=1S/C6H8Si/c1-6-2-4-7-5-3-6/h2-5,7H,1H3.